The minimum atomic E-state index is -0.560. The van der Waals surface area contributed by atoms with Gasteiger partial charge in [-0.1, -0.05) is 15.9 Å². The van der Waals surface area contributed by atoms with Crippen LogP contribution in [0.1, 0.15) is 10.5 Å². The molecule has 1 N–H and O–H groups in total. The summed E-state index contributed by atoms with van der Waals surface area (Å²) in [5, 5.41) is 2.45. The fourth-order valence-corrected chi connectivity index (χ4v) is 1.15. The SMILES string of the molecule is COC(=O)Nc1ccc(C(Br)C=O)nc1. The van der Waals surface area contributed by atoms with Gasteiger partial charge in [-0.05, 0) is 12.1 Å². The van der Waals surface area contributed by atoms with Crippen LogP contribution in [0.5, 0.6) is 0 Å². The van der Waals surface area contributed by atoms with Crippen LogP contribution in [0.4, 0.5) is 10.5 Å². The van der Waals surface area contributed by atoms with Gasteiger partial charge in [0.2, 0.25) is 0 Å². The molecule has 1 unspecified atom stereocenters. The van der Waals surface area contributed by atoms with Gasteiger partial charge in [-0.15, -0.1) is 0 Å². The average molecular weight is 273 g/mol. The maximum Gasteiger partial charge on any atom is 0.411 e. The summed E-state index contributed by atoms with van der Waals surface area (Å²) in [5.41, 5.74) is 1.09. The van der Waals surface area contributed by atoms with Crippen LogP contribution < -0.4 is 5.32 Å². The van der Waals surface area contributed by atoms with E-state index in [9.17, 15) is 9.59 Å². The molecule has 0 aliphatic heterocycles. The Bertz CT molecular complexity index is 353. The monoisotopic (exact) mass is 272 g/mol. The molecule has 0 aromatic carbocycles. The molecular weight excluding hydrogens is 264 g/mol. The maximum atomic E-state index is 10.8. The van der Waals surface area contributed by atoms with Crippen molar-refractivity contribution in [3.05, 3.63) is 24.0 Å². The van der Waals surface area contributed by atoms with E-state index in [4.69, 9.17) is 0 Å². The molecule has 0 radical (unpaired) electrons. The molecule has 5 nitrogen and oxygen atoms in total. The van der Waals surface area contributed by atoms with E-state index in [0.717, 1.165) is 6.29 Å². The second-order valence-electron chi connectivity index (χ2n) is 2.63. The highest BCUT2D eigenvalue weighted by molar-refractivity contribution is 9.09. The first-order valence-electron chi connectivity index (χ1n) is 4.07. The topological polar surface area (TPSA) is 68.3 Å². The number of alkyl halides is 1. The minimum Gasteiger partial charge on any atom is -0.453 e. The van der Waals surface area contributed by atoms with E-state index in [1.54, 1.807) is 12.1 Å². The van der Waals surface area contributed by atoms with Gasteiger partial charge < -0.3 is 9.53 Å². The molecule has 1 amide bonds. The van der Waals surface area contributed by atoms with E-state index < -0.39 is 10.9 Å². The highest BCUT2D eigenvalue weighted by atomic mass is 79.9. The van der Waals surface area contributed by atoms with E-state index in [0.29, 0.717) is 11.4 Å². The number of anilines is 1. The van der Waals surface area contributed by atoms with Gasteiger partial charge in [0.1, 0.15) is 11.1 Å². The molecule has 1 rings (SSSR count). The molecule has 1 heterocycles. The molecule has 6 heteroatoms. The van der Waals surface area contributed by atoms with E-state index in [-0.39, 0.29) is 0 Å². The van der Waals surface area contributed by atoms with Gasteiger partial charge in [0.05, 0.1) is 24.7 Å². The number of halogens is 1. The Morgan fingerprint density at radius 1 is 1.67 bits per heavy atom. The second kappa shape index (κ2) is 5.45. The standard InChI is InChI=1S/C9H9BrN2O3/c1-15-9(14)12-6-2-3-8(11-4-6)7(10)5-13/h2-5,7H,1H3,(H,12,14). The van der Waals surface area contributed by atoms with Gasteiger partial charge in [-0.25, -0.2) is 4.79 Å². The number of nitrogens with zero attached hydrogens (tertiary/aromatic N) is 1. The third kappa shape index (κ3) is 3.32. The van der Waals surface area contributed by atoms with Gasteiger partial charge in [-0.2, -0.15) is 0 Å². The Hall–Kier alpha value is -1.43. The summed E-state index contributed by atoms with van der Waals surface area (Å²) in [4.78, 5) is 24.8. The predicted molar refractivity (Wildman–Crippen MR) is 58.0 cm³/mol. The quantitative estimate of drug-likeness (QED) is 0.674. The molecule has 0 fully saturated rings. The van der Waals surface area contributed by atoms with Gasteiger partial charge in [-0.3, -0.25) is 10.3 Å². The number of rotatable bonds is 3. The fraction of sp³-hybridized carbons (Fsp3) is 0.222. The molecule has 0 spiro atoms. The number of hydrogen-bond donors (Lipinski definition) is 1. The normalized spacial score (nSPS) is 11.6. The van der Waals surface area contributed by atoms with E-state index in [2.05, 4.69) is 31.0 Å². The first-order valence-corrected chi connectivity index (χ1v) is 4.99. The molecule has 15 heavy (non-hydrogen) atoms. The zero-order valence-corrected chi connectivity index (χ0v) is 9.52. The number of ether oxygens (including phenoxy) is 1. The molecule has 80 valence electrons. The molecule has 0 aliphatic carbocycles. The number of nitrogens with one attached hydrogen (secondary N) is 1. The summed E-state index contributed by atoms with van der Waals surface area (Å²) in [6, 6.07) is 3.27. The molecule has 0 saturated carbocycles. The van der Waals surface area contributed by atoms with Crippen molar-refractivity contribution >= 4 is 34.0 Å². The molecule has 1 aromatic rings. The largest absolute Gasteiger partial charge is 0.453 e. The van der Waals surface area contributed by atoms with Crippen molar-refractivity contribution in [2.24, 2.45) is 0 Å². The Kier molecular flexibility index (Phi) is 4.23. The van der Waals surface area contributed by atoms with Crippen molar-refractivity contribution < 1.29 is 14.3 Å². The lowest BCUT2D eigenvalue weighted by Crippen LogP contribution is -2.11. The third-order valence-electron chi connectivity index (χ3n) is 1.62. The molecular formula is C9H9BrN2O3. The lowest BCUT2D eigenvalue weighted by Gasteiger charge is -2.05. The highest BCUT2D eigenvalue weighted by Crippen LogP contribution is 2.18. The lowest BCUT2D eigenvalue weighted by atomic mass is 10.3. The summed E-state index contributed by atoms with van der Waals surface area (Å²) in [5.74, 6) is 0. The Morgan fingerprint density at radius 3 is 2.87 bits per heavy atom. The second-order valence-corrected chi connectivity index (χ2v) is 3.61. The lowest BCUT2D eigenvalue weighted by molar-refractivity contribution is -0.107. The van der Waals surface area contributed by atoms with E-state index >= 15 is 0 Å². The summed E-state index contributed by atoms with van der Waals surface area (Å²) in [6.07, 6.45) is 1.62. The van der Waals surface area contributed by atoms with Crippen molar-refractivity contribution in [3.63, 3.8) is 0 Å². The first kappa shape index (κ1) is 11.6. The zero-order chi connectivity index (χ0) is 11.3. The number of carbonyl (C=O) groups is 2. The maximum absolute atomic E-state index is 10.8. The first-order chi connectivity index (χ1) is 7.17. The van der Waals surface area contributed by atoms with Crippen molar-refractivity contribution in [2.45, 2.75) is 4.83 Å². The molecule has 0 bridgehead atoms. The van der Waals surface area contributed by atoms with E-state index in [1.807, 2.05) is 0 Å². The Labute approximate surface area is 95.0 Å². The number of aromatic nitrogens is 1. The van der Waals surface area contributed by atoms with Gasteiger partial charge in [0.25, 0.3) is 0 Å². The van der Waals surface area contributed by atoms with Gasteiger partial charge in [0, 0.05) is 0 Å². The molecule has 1 aromatic heterocycles. The van der Waals surface area contributed by atoms with Crippen molar-refractivity contribution in [3.8, 4) is 0 Å². The minimum absolute atomic E-state index is 0.426. The van der Waals surface area contributed by atoms with Crippen LogP contribution in [0.25, 0.3) is 0 Å². The summed E-state index contributed by atoms with van der Waals surface area (Å²) >= 11 is 3.13. The number of carbonyl (C=O) groups excluding carboxylic acids is 2. The van der Waals surface area contributed by atoms with E-state index in [1.165, 1.54) is 13.3 Å². The van der Waals surface area contributed by atoms with Crippen LogP contribution in [-0.4, -0.2) is 24.5 Å². The van der Waals surface area contributed by atoms with Gasteiger partial charge in [0.15, 0.2) is 0 Å². The van der Waals surface area contributed by atoms with Crippen molar-refractivity contribution in [2.75, 3.05) is 12.4 Å². The van der Waals surface area contributed by atoms with Crippen LogP contribution in [0.15, 0.2) is 18.3 Å². The van der Waals surface area contributed by atoms with Gasteiger partial charge >= 0.3 is 6.09 Å². The number of aldehydes is 1. The average Bonchev–Trinajstić information content (AvgIpc) is 2.29. The number of methoxy groups -OCH3 is 1. The third-order valence-corrected chi connectivity index (χ3v) is 2.31. The Morgan fingerprint density at radius 2 is 2.40 bits per heavy atom. The molecule has 0 aliphatic rings. The van der Waals surface area contributed by atoms with Crippen molar-refractivity contribution in [1.82, 2.24) is 4.98 Å². The van der Waals surface area contributed by atoms with Crippen LogP contribution >= 0.6 is 15.9 Å². The fourth-order valence-electron chi connectivity index (χ4n) is 0.881. The van der Waals surface area contributed by atoms with Crippen LogP contribution in [-0.2, 0) is 9.53 Å². The smallest absolute Gasteiger partial charge is 0.411 e. The zero-order valence-electron chi connectivity index (χ0n) is 7.94. The molecule has 1 atom stereocenters. The number of amides is 1. The van der Waals surface area contributed by atoms with Crippen LogP contribution in [0.2, 0.25) is 0 Å². The van der Waals surface area contributed by atoms with Crippen molar-refractivity contribution in [1.29, 1.82) is 0 Å². The number of pyridine rings is 1. The summed E-state index contributed by atoms with van der Waals surface area (Å²) in [6.45, 7) is 0. The Balaban J connectivity index is 2.72. The summed E-state index contributed by atoms with van der Waals surface area (Å²) < 4.78 is 4.41. The van der Waals surface area contributed by atoms with Crippen LogP contribution in [0.3, 0.4) is 0 Å². The predicted octanol–water partition coefficient (Wildman–Crippen LogP) is 1.89. The molecule has 0 saturated heterocycles. The number of hydrogen-bond acceptors (Lipinski definition) is 4. The summed E-state index contributed by atoms with van der Waals surface area (Å²) in [7, 11) is 1.28. The van der Waals surface area contributed by atoms with Crippen LogP contribution in [0, 0.1) is 0 Å². The highest BCUT2D eigenvalue weighted by Gasteiger charge is 2.07.